The molecule has 0 aromatic carbocycles. The van der Waals surface area contributed by atoms with Crippen molar-refractivity contribution in [2.24, 2.45) is 0 Å². The minimum Gasteiger partial charge on any atom is -0.458 e. The molecule has 0 aromatic heterocycles. The molecule has 0 amide bonds. The number of ether oxygens (including phenoxy) is 1. The van der Waals surface area contributed by atoms with Crippen molar-refractivity contribution in [2.45, 2.75) is 13.8 Å². The molecule has 0 aliphatic carbocycles. The number of esters is 1. The lowest BCUT2D eigenvalue weighted by Crippen LogP contribution is -2.02. The topological polar surface area (TPSA) is 26.3 Å². The molecule has 2 nitrogen and oxygen atoms in total. The van der Waals surface area contributed by atoms with Crippen molar-refractivity contribution in [1.29, 1.82) is 0 Å². The van der Waals surface area contributed by atoms with E-state index < -0.39 is 0 Å². The van der Waals surface area contributed by atoms with Crippen LogP contribution in [0.15, 0.2) is 24.3 Å². The van der Waals surface area contributed by atoms with Gasteiger partial charge in [0.25, 0.3) is 0 Å². The zero-order valence-corrected chi connectivity index (χ0v) is 6.39. The van der Waals surface area contributed by atoms with Crippen LogP contribution in [-0.2, 0) is 9.53 Å². The first-order valence-electron chi connectivity index (χ1n) is 3.11. The van der Waals surface area contributed by atoms with Gasteiger partial charge in [0.1, 0.15) is 6.61 Å². The predicted molar refractivity (Wildman–Crippen MR) is 40.6 cm³/mol. The van der Waals surface area contributed by atoms with Crippen LogP contribution >= 0.6 is 0 Å². The molecule has 0 fully saturated rings. The number of hydrogen-bond acceptors (Lipinski definition) is 2. The van der Waals surface area contributed by atoms with Crippen LogP contribution in [0.4, 0.5) is 0 Å². The molecule has 0 atom stereocenters. The summed E-state index contributed by atoms with van der Waals surface area (Å²) in [6.45, 7) is 7.43. The van der Waals surface area contributed by atoms with E-state index in [1.54, 1.807) is 0 Å². The second-order valence-electron chi connectivity index (χ2n) is 1.95. The summed E-state index contributed by atoms with van der Waals surface area (Å²) in [5, 5.41) is 0. The van der Waals surface area contributed by atoms with Gasteiger partial charge in [-0.25, -0.2) is 4.79 Å². The molecule has 0 unspecified atom stereocenters. The summed E-state index contributed by atoms with van der Waals surface area (Å²) in [6.07, 6.45) is 3.05. The average Bonchev–Trinajstić information content (AvgIpc) is 1.99. The van der Waals surface area contributed by atoms with Gasteiger partial charge in [-0.15, -0.1) is 0 Å². The van der Waals surface area contributed by atoms with Gasteiger partial charge >= 0.3 is 5.97 Å². The van der Waals surface area contributed by atoms with Crippen LogP contribution in [0.3, 0.4) is 0 Å². The fraction of sp³-hybridized carbons (Fsp3) is 0.375. The molecular weight excluding hydrogens is 128 g/mol. The summed E-state index contributed by atoms with van der Waals surface area (Å²) >= 11 is 0. The van der Waals surface area contributed by atoms with Crippen molar-refractivity contribution in [3.05, 3.63) is 24.3 Å². The minimum absolute atomic E-state index is 0.362. The highest BCUT2D eigenvalue weighted by atomic mass is 16.5. The van der Waals surface area contributed by atoms with Gasteiger partial charge in [0.05, 0.1) is 0 Å². The first kappa shape index (κ1) is 8.95. The van der Waals surface area contributed by atoms with Crippen LogP contribution in [0.2, 0.25) is 0 Å². The van der Waals surface area contributed by atoms with Crippen LogP contribution in [0.1, 0.15) is 13.8 Å². The zero-order chi connectivity index (χ0) is 7.98. The minimum atomic E-state index is -0.374. The number of carbonyl (C=O) groups excluding carboxylic acids is 1. The second-order valence-corrected chi connectivity index (χ2v) is 1.95. The Labute approximate surface area is 61.2 Å². The third kappa shape index (κ3) is 3.89. The number of carbonyl (C=O) groups is 1. The highest BCUT2D eigenvalue weighted by molar-refractivity contribution is 5.81. The first-order valence-corrected chi connectivity index (χ1v) is 3.11. The molecule has 0 aliphatic rings. The average molecular weight is 140 g/mol. The fourth-order valence-corrected chi connectivity index (χ4v) is 0.327. The van der Waals surface area contributed by atoms with Gasteiger partial charge in [-0.2, -0.15) is 0 Å². The lowest BCUT2D eigenvalue weighted by atomic mass is 10.3. The standard InChI is InChI=1S/C8H12O2/c1-4-7(3)6-10-8(9)5-2/h4-5H,2,6H2,1,3H3. The Morgan fingerprint density at radius 2 is 2.30 bits per heavy atom. The number of rotatable bonds is 3. The Bertz CT molecular complexity index is 155. The van der Waals surface area contributed by atoms with E-state index in [1.165, 1.54) is 0 Å². The van der Waals surface area contributed by atoms with Gasteiger partial charge in [-0.05, 0) is 19.4 Å². The van der Waals surface area contributed by atoms with Gasteiger partial charge in [0, 0.05) is 6.08 Å². The second kappa shape index (κ2) is 4.79. The van der Waals surface area contributed by atoms with E-state index in [0.717, 1.165) is 11.6 Å². The van der Waals surface area contributed by atoms with Crippen molar-refractivity contribution in [2.75, 3.05) is 6.61 Å². The summed E-state index contributed by atoms with van der Waals surface area (Å²) < 4.78 is 4.72. The number of hydrogen-bond donors (Lipinski definition) is 0. The van der Waals surface area contributed by atoms with E-state index in [4.69, 9.17) is 4.74 Å². The summed E-state index contributed by atoms with van der Waals surface area (Å²) in [6, 6.07) is 0. The Morgan fingerprint density at radius 1 is 1.70 bits per heavy atom. The maximum Gasteiger partial charge on any atom is 0.330 e. The summed E-state index contributed by atoms with van der Waals surface area (Å²) in [5.74, 6) is -0.374. The summed E-state index contributed by atoms with van der Waals surface area (Å²) in [4.78, 5) is 10.5. The predicted octanol–water partition coefficient (Wildman–Crippen LogP) is 1.68. The van der Waals surface area contributed by atoms with E-state index in [1.807, 2.05) is 19.9 Å². The van der Waals surface area contributed by atoms with Gasteiger partial charge in [0.2, 0.25) is 0 Å². The summed E-state index contributed by atoms with van der Waals surface area (Å²) in [5.41, 5.74) is 1.04. The molecular formula is C8H12O2. The molecule has 0 bridgehead atoms. The van der Waals surface area contributed by atoms with Gasteiger partial charge in [-0.3, -0.25) is 0 Å². The maximum absolute atomic E-state index is 10.5. The van der Waals surface area contributed by atoms with Crippen LogP contribution < -0.4 is 0 Å². The highest BCUT2D eigenvalue weighted by Crippen LogP contribution is 1.92. The van der Waals surface area contributed by atoms with Crippen LogP contribution in [0.5, 0.6) is 0 Å². The number of allylic oxidation sites excluding steroid dienone is 1. The first-order chi connectivity index (χ1) is 4.70. The molecule has 0 aliphatic heterocycles. The smallest absolute Gasteiger partial charge is 0.330 e. The van der Waals surface area contributed by atoms with Gasteiger partial charge < -0.3 is 4.74 Å². The molecule has 56 valence electrons. The molecule has 0 spiro atoms. The van der Waals surface area contributed by atoms with E-state index >= 15 is 0 Å². The van der Waals surface area contributed by atoms with E-state index in [2.05, 4.69) is 6.58 Å². The molecule has 0 aromatic rings. The summed E-state index contributed by atoms with van der Waals surface area (Å²) in [7, 11) is 0. The maximum atomic E-state index is 10.5. The molecule has 0 heterocycles. The molecule has 2 heteroatoms. The lowest BCUT2D eigenvalue weighted by molar-refractivity contribution is -0.136. The van der Waals surface area contributed by atoms with Crippen LogP contribution in [-0.4, -0.2) is 12.6 Å². The largest absolute Gasteiger partial charge is 0.458 e. The molecule has 0 rings (SSSR count). The van der Waals surface area contributed by atoms with Crippen molar-refractivity contribution < 1.29 is 9.53 Å². The van der Waals surface area contributed by atoms with Crippen LogP contribution in [0.25, 0.3) is 0 Å². The quantitative estimate of drug-likeness (QED) is 0.338. The Morgan fingerprint density at radius 3 is 2.70 bits per heavy atom. The Hall–Kier alpha value is -1.05. The molecule has 0 saturated heterocycles. The third-order valence-corrected chi connectivity index (χ3v) is 1.10. The van der Waals surface area contributed by atoms with Gasteiger partial charge in [0.15, 0.2) is 0 Å². The van der Waals surface area contributed by atoms with Crippen molar-refractivity contribution in [3.63, 3.8) is 0 Å². The van der Waals surface area contributed by atoms with Crippen molar-refractivity contribution >= 4 is 5.97 Å². The highest BCUT2D eigenvalue weighted by Gasteiger charge is 1.93. The monoisotopic (exact) mass is 140 g/mol. The third-order valence-electron chi connectivity index (χ3n) is 1.10. The Balaban J connectivity index is 3.55. The molecule has 10 heavy (non-hydrogen) atoms. The molecule has 0 saturated carbocycles. The van der Waals surface area contributed by atoms with E-state index in [0.29, 0.717) is 6.61 Å². The lowest BCUT2D eigenvalue weighted by Gasteiger charge is -1.99. The fourth-order valence-electron chi connectivity index (χ4n) is 0.327. The van der Waals surface area contributed by atoms with E-state index in [-0.39, 0.29) is 5.97 Å². The molecule has 0 radical (unpaired) electrons. The zero-order valence-electron chi connectivity index (χ0n) is 6.39. The van der Waals surface area contributed by atoms with Crippen LogP contribution in [0, 0.1) is 0 Å². The Kier molecular flexibility index (Phi) is 4.29. The van der Waals surface area contributed by atoms with Gasteiger partial charge in [-0.1, -0.05) is 12.7 Å². The molecule has 0 N–H and O–H groups in total. The van der Waals surface area contributed by atoms with Crippen molar-refractivity contribution in [3.8, 4) is 0 Å². The normalized spacial score (nSPS) is 10.8. The van der Waals surface area contributed by atoms with E-state index in [9.17, 15) is 4.79 Å². The SMILES string of the molecule is C=CC(=O)OCC(C)=CC. The van der Waals surface area contributed by atoms with Crippen molar-refractivity contribution in [1.82, 2.24) is 0 Å².